The van der Waals surface area contributed by atoms with Crippen LogP contribution in [0.15, 0.2) is 84.9 Å². The summed E-state index contributed by atoms with van der Waals surface area (Å²) >= 11 is 0. The number of benzene rings is 3. The molecule has 24 heavy (non-hydrogen) atoms. The molecule has 0 aliphatic carbocycles. The van der Waals surface area contributed by atoms with Crippen LogP contribution in [-0.2, 0) is 5.54 Å². The zero-order valence-corrected chi connectivity index (χ0v) is 14.1. The molecule has 0 unspecified atom stereocenters. The second kappa shape index (κ2) is 6.90. The van der Waals surface area contributed by atoms with Gasteiger partial charge in [-0.3, -0.25) is 5.32 Å². The highest BCUT2D eigenvalue weighted by Gasteiger charge is 2.32. The van der Waals surface area contributed by atoms with E-state index in [0.717, 1.165) is 11.1 Å². The number of nitrogens with one attached hydrogen (secondary N) is 1. The van der Waals surface area contributed by atoms with Crippen LogP contribution >= 0.6 is 0 Å². The number of phenolic OH excluding ortho intramolecular Hbond substituents is 1. The fourth-order valence-corrected chi connectivity index (χ4v) is 3.24. The molecule has 0 heterocycles. The van der Waals surface area contributed by atoms with Crippen LogP contribution < -0.4 is 5.32 Å². The van der Waals surface area contributed by atoms with Crippen LogP contribution in [0.25, 0.3) is 0 Å². The first-order chi connectivity index (χ1) is 11.6. The Kier molecular flexibility index (Phi) is 4.68. The SMILES string of the molecule is C[C@@H](N[C@@](C)(c1ccccc1)c1ccccc1O)c1ccccc1. The second-order valence-electron chi connectivity index (χ2n) is 6.28. The molecule has 0 amide bonds. The number of hydrogen-bond donors (Lipinski definition) is 2. The summed E-state index contributed by atoms with van der Waals surface area (Å²) in [5.74, 6) is 0.302. The molecule has 2 atom stereocenters. The van der Waals surface area contributed by atoms with Crippen molar-refractivity contribution in [1.82, 2.24) is 5.32 Å². The average Bonchev–Trinajstić information content (AvgIpc) is 2.63. The van der Waals surface area contributed by atoms with Gasteiger partial charge in [-0.25, -0.2) is 0 Å². The average molecular weight is 317 g/mol. The predicted molar refractivity (Wildman–Crippen MR) is 99.0 cm³/mol. The first-order valence-corrected chi connectivity index (χ1v) is 8.28. The van der Waals surface area contributed by atoms with Crippen LogP contribution in [-0.4, -0.2) is 5.11 Å². The summed E-state index contributed by atoms with van der Waals surface area (Å²) in [6, 6.07) is 28.3. The van der Waals surface area contributed by atoms with E-state index in [1.54, 1.807) is 6.07 Å². The van der Waals surface area contributed by atoms with Crippen LogP contribution in [0.4, 0.5) is 0 Å². The van der Waals surface area contributed by atoms with Gasteiger partial charge in [0.2, 0.25) is 0 Å². The number of para-hydroxylation sites is 1. The molecule has 3 rings (SSSR count). The van der Waals surface area contributed by atoms with Crippen molar-refractivity contribution >= 4 is 0 Å². The van der Waals surface area contributed by atoms with Gasteiger partial charge in [0.15, 0.2) is 0 Å². The van der Waals surface area contributed by atoms with Gasteiger partial charge in [0.25, 0.3) is 0 Å². The molecule has 2 heteroatoms. The second-order valence-corrected chi connectivity index (χ2v) is 6.28. The summed E-state index contributed by atoms with van der Waals surface area (Å²) < 4.78 is 0. The molecule has 122 valence electrons. The van der Waals surface area contributed by atoms with Crippen molar-refractivity contribution in [3.63, 3.8) is 0 Å². The summed E-state index contributed by atoms with van der Waals surface area (Å²) in [6.07, 6.45) is 0. The summed E-state index contributed by atoms with van der Waals surface area (Å²) in [5, 5.41) is 14.2. The maximum atomic E-state index is 10.5. The zero-order chi connectivity index (χ0) is 17.0. The lowest BCUT2D eigenvalue weighted by Crippen LogP contribution is -2.42. The van der Waals surface area contributed by atoms with E-state index in [4.69, 9.17) is 0 Å². The van der Waals surface area contributed by atoms with Crippen molar-refractivity contribution in [1.29, 1.82) is 0 Å². The van der Waals surface area contributed by atoms with Gasteiger partial charge in [-0.1, -0.05) is 78.9 Å². The molecule has 0 aliphatic heterocycles. The standard InChI is InChI=1S/C22H23NO/c1-17(18-11-5-3-6-12-18)23-22(2,19-13-7-4-8-14-19)20-15-9-10-16-21(20)24/h3-17,23-24H,1-2H3/t17-,22+/m1/s1. The van der Waals surface area contributed by atoms with Crippen molar-refractivity contribution in [2.75, 3.05) is 0 Å². The Hall–Kier alpha value is -2.58. The highest BCUT2D eigenvalue weighted by atomic mass is 16.3. The van der Waals surface area contributed by atoms with Crippen LogP contribution in [0.3, 0.4) is 0 Å². The van der Waals surface area contributed by atoms with Gasteiger partial charge >= 0.3 is 0 Å². The molecule has 0 saturated carbocycles. The van der Waals surface area contributed by atoms with E-state index in [2.05, 4.69) is 43.4 Å². The minimum absolute atomic E-state index is 0.135. The summed E-state index contributed by atoms with van der Waals surface area (Å²) in [4.78, 5) is 0. The van der Waals surface area contributed by atoms with E-state index >= 15 is 0 Å². The third kappa shape index (κ3) is 3.19. The van der Waals surface area contributed by atoms with Gasteiger partial charge in [-0.2, -0.15) is 0 Å². The van der Waals surface area contributed by atoms with Crippen LogP contribution in [0.2, 0.25) is 0 Å². The highest BCUT2D eigenvalue weighted by Crippen LogP contribution is 2.36. The van der Waals surface area contributed by atoms with Crippen molar-refractivity contribution < 1.29 is 5.11 Å². The van der Waals surface area contributed by atoms with E-state index in [9.17, 15) is 5.11 Å². The Morgan fingerprint density at radius 3 is 1.96 bits per heavy atom. The molecule has 0 radical (unpaired) electrons. The molecule has 2 N–H and O–H groups in total. The molecule has 2 nitrogen and oxygen atoms in total. The van der Waals surface area contributed by atoms with Gasteiger partial charge < -0.3 is 5.11 Å². The van der Waals surface area contributed by atoms with Gasteiger partial charge in [0.1, 0.15) is 5.75 Å². The molecular weight excluding hydrogens is 294 g/mol. The first kappa shape index (κ1) is 16.3. The molecule has 0 bridgehead atoms. The Morgan fingerprint density at radius 2 is 1.33 bits per heavy atom. The van der Waals surface area contributed by atoms with Crippen LogP contribution in [0, 0.1) is 0 Å². The maximum absolute atomic E-state index is 10.5. The smallest absolute Gasteiger partial charge is 0.120 e. The fourth-order valence-electron chi connectivity index (χ4n) is 3.24. The molecule has 0 aromatic heterocycles. The van der Waals surface area contributed by atoms with Gasteiger partial charge in [-0.05, 0) is 31.0 Å². The highest BCUT2D eigenvalue weighted by molar-refractivity contribution is 5.45. The normalized spacial score (nSPS) is 14.8. The number of aromatic hydroxyl groups is 1. The predicted octanol–water partition coefficient (Wildman–Crippen LogP) is 5.01. The summed E-state index contributed by atoms with van der Waals surface area (Å²) in [6.45, 7) is 4.27. The minimum atomic E-state index is -0.498. The Morgan fingerprint density at radius 1 is 0.792 bits per heavy atom. The van der Waals surface area contributed by atoms with E-state index in [1.807, 2.05) is 54.6 Å². The van der Waals surface area contributed by atoms with E-state index in [0.29, 0.717) is 5.75 Å². The van der Waals surface area contributed by atoms with E-state index in [1.165, 1.54) is 5.56 Å². The fraction of sp³-hybridized carbons (Fsp3) is 0.182. The largest absolute Gasteiger partial charge is 0.508 e. The van der Waals surface area contributed by atoms with Gasteiger partial charge in [0, 0.05) is 11.6 Å². The molecule has 0 fully saturated rings. The minimum Gasteiger partial charge on any atom is -0.508 e. The van der Waals surface area contributed by atoms with Gasteiger partial charge in [-0.15, -0.1) is 0 Å². The molecule has 0 aliphatic rings. The molecule has 3 aromatic carbocycles. The Balaban J connectivity index is 2.05. The molecule has 3 aromatic rings. The third-order valence-corrected chi connectivity index (χ3v) is 4.60. The van der Waals surface area contributed by atoms with Crippen LogP contribution in [0.1, 0.15) is 36.6 Å². The number of phenols is 1. The monoisotopic (exact) mass is 317 g/mol. The maximum Gasteiger partial charge on any atom is 0.120 e. The lowest BCUT2D eigenvalue weighted by Gasteiger charge is -2.36. The topological polar surface area (TPSA) is 32.3 Å². The van der Waals surface area contributed by atoms with Crippen molar-refractivity contribution in [3.8, 4) is 5.75 Å². The number of rotatable bonds is 5. The van der Waals surface area contributed by atoms with Crippen LogP contribution in [0.5, 0.6) is 5.75 Å². The quantitative estimate of drug-likeness (QED) is 0.693. The molecular formula is C22H23NO. The lowest BCUT2D eigenvalue weighted by molar-refractivity contribution is 0.366. The summed E-state index contributed by atoms with van der Waals surface area (Å²) in [7, 11) is 0. The summed E-state index contributed by atoms with van der Waals surface area (Å²) in [5.41, 5.74) is 2.71. The third-order valence-electron chi connectivity index (χ3n) is 4.60. The van der Waals surface area contributed by atoms with E-state index in [-0.39, 0.29) is 6.04 Å². The zero-order valence-electron chi connectivity index (χ0n) is 14.1. The first-order valence-electron chi connectivity index (χ1n) is 8.28. The Bertz CT molecular complexity index is 785. The number of hydrogen-bond acceptors (Lipinski definition) is 2. The van der Waals surface area contributed by atoms with E-state index < -0.39 is 5.54 Å². The molecule has 0 spiro atoms. The Labute approximate surface area is 143 Å². The lowest BCUT2D eigenvalue weighted by atomic mass is 9.83. The van der Waals surface area contributed by atoms with Crippen molar-refractivity contribution in [2.24, 2.45) is 0 Å². The van der Waals surface area contributed by atoms with Crippen molar-refractivity contribution in [2.45, 2.75) is 25.4 Å². The molecule has 0 saturated heterocycles. The van der Waals surface area contributed by atoms with Crippen molar-refractivity contribution in [3.05, 3.63) is 102 Å². The van der Waals surface area contributed by atoms with Gasteiger partial charge in [0.05, 0.1) is 5.54 Å².